The van der Waals surface area contributed by atoms with E-state index in [0.29, 0.717) is 0 Å². The number of pyridine rings is 1. The van der Waals surface area contributed by atoms with E-state index >= 15 is 0 Å². The zero-order chi connectivity index (χ0) is 13.0. The van der Waals surface area contributed by atoms with Crippen molar-refractivity contribution in [3.05, 3.63) is 45.7 Å². The Bertz CT molecular complexity index is 490. The minimum Gasteiger partial charge on any atom is -0.305 e. The van der Waals surface area contributed by atoms with Crippen LogP contribution in [0.2, 0.25) is 0 Å². The van der Waals surface area contributed by atoms with Crippen molar-refractivity contribution >= 4 is 11.3 Å². The summed E-state index contributed by atoms with van der Waals surface area (Å²) in [6.45, 7) is 7.20. The maximum Gasteiger partial charge on any atom is 0.0898 e. The Morgan fingerprint density at radius 2 is 2.17 bits per heavy atom. The van der Waals surface area contributed by atoms with E-state index in [9.17, 15) is 0 Å². The molecule has 96 valence electrons. The molecule has 2 rings (SSSR count). The normalized spacial score (nSPS) is 12.6. The quantitative estimate of drug-likeness (QED) is 0.898. The molecule has 4 heteroatoms. The van der Waals surface area contributed by atoms with Gasteiger partial charge in [0, 0.05) is 17.3 Å². The monoisotopic (exact) mass is 261 g/mol. The third-order valence-electron chi connectivity index (χ3n) is 2.80. The number of thiazole rings is 1. The molecule has 0 aliphatic carbocycles. The third kappa shape index (κ3) is 3.15. The highest BCUT2D eigenvalue weighted by molar-refractivity contribution is 7.09. The Labute approximate surface area is 112 Å². The first-order valence-electron chi connectivity index (χ1n) is 6.28. The Morgan fingerprint density at radius 3 is 2.72 bits per heavy atom. The van der Waals surface area contributed by atoms with Gasteiger partial charge in [0.25, 0.3) is 0 Å². The van der Waals surface area contributed by atoms with Gasteiger partial charge in [0.2, 0.25) is 0 Å². The topological polar surface area (TPSA) is 37.8 Å². The average Bonchev–Trinajstić information content (AvgIpc) is 2.78. The fraction of sp³-hybridized carbons (Fsp3) is 0.429. The van der Waals surface area contributed by atoms with Crippen molar-refractivity contribution in [2.75, 3.05) is 6.54 Å². The molecule has 1 unspecified atom stereocenters. The van der Waals surface area contributed by atoms with Gasteiger partial charge in [-0.25, -0.2) is 4.98 Å². The Hall–Kier alpha value is -1.26. The summed E-state index contributed by atoms with van der Waals surface area (Å²) < 4.78 is 0. The molecule has 2 aromatic heterocycles. The molecule has 0 aromatic carbocycles. The van der Waals surface area contributed by atoms with Crippen LogP contribution in [0.1, 0.15) is 41.3 Å². The maximum atomic E-state index is 4.59. The number of hydrogen-bond acceptors (Lipinski definition) is 4. The minimum absolute atomic E-state index is 0.156. The molecule has 1 N–H and O–H groups in total. The number of aryl methyl sites for hydroxylation is 2. The van der Waals surface area contributed by atoms with Crippen molar-refractivity contribution in [1.82, 2.24) is 15.3 Å². The molecule has 1 atom stereocenters. The lowest BCUT2D eigenvalue weighted by atomic mass is 10.1. The van der Waals surface area contributed by atoms with Crippen molar-refractivity contribution in [3.8, 4) is 0 Å². The van der Waals surface area contributed by atoms with Gasteiger partial charge in [-0.15, -0.1) is 11.3 Å². The molecule has 0 amide bonds. The van der Waals surface area contributed by atoms with Crippen molar-refractivity contribution in [2.45, 2.75) is 33.2 Å². The smallest absolute Gasteiger partial charge is 0.0898 e. The van der Waals surface area contributed by atoms with E-state index in [1.165, 1.54) is 5.56 Å². The van der Waals surface area contributed by atoms with Gasteiger partial charge in [-0.05, 0) is 38.4 Å². The molecule has 0 aliphatic rings. The lowest BCUT2D eigenvalue weighted by Crippen LogP contribution is -2.23. The first-order chi connectivity index (χ1) is 8.70. The van der Waals surface area contributed by atoms with Gasteiger partial charge in [0.1, 0.15) is 0 Å². The summed E-state index contributed by atoms with van der Waals surface area (Å²) in [4.78, 5) is 8.97. The van der Waals surface area contributed by atoms with E-state index in [1.807, 2.05) is 20.0 Å². The van der Waals surface area contributed by atoms with Gasteiger partial charge in [-0.1, -0.05) is 13.0 Å². The third-order valence-corrected chi connectivity index (χ3v) is 3.59. The van der Waals surface area contributed by atoms with Crippen molar-refractivity contribution in [2.24, 2.45) is 0 Å². The summed E-state index contributed by atoms with van der Waals surface area (Å²) in [5.74, 6) is 0. The predicted octanol–water partition coefficient (Wildman–Crippen LogP) is 3.24. The Morgan fingerprint density at radius 1 is 1.33 bits per heavy atom. The van der Waals surface area contributed by atoms with Gasteiger partial charge in [0.15, 0.2) is 0 Å². The van der Waals surface area contributed by atoms with Gasteiger partial charge in [-0.3, -0.25) is 4.98 Å². The zero-order valence-corrected chi connectivity index (χ0v) is 11.9. The van der Waals surface area contributed by atoms with Crippen LogP contribution in [0, 0.1) is 13.8 Å². The molecule has 0 fully saturated rings. The molecule has 0 bridgehead atoms. The Kier molecular flexibility index (Phi) is 4.44. The summed E-state index contributed by atoms with van der Waals surface area (Å²) in [6.07, 6.45) is 3.05. The standard InChI is InChI=1S/C14H19N3S/c1-4-7-15-14(13-9-18-11(3)17-13)12-6-5-10(2)16-8-12/h5-6,8-9,14-15H,4,7H2,1-3H3. The van der Waals surface area contributed by atoms with E-state index in [1.54, 1.807) is 11.3 Å². The molecule has 18 heavy (non-hydrogen) atoms. The molecule has 2 aromatic rings. The molecule has 3 nitrogen and oxygen atoms in total. The number of rotatable bonds is 5. The molecular weight excluding hydrogens is 242 g/mol. The van der Waals surface area contributed by atoms with Crippen LogP contribution in [0.3, 0.4) is 0 Å². The van der Waals surface area contributed by atoms with Crippen LogP contribution >= 0.6 is 11.3 Å². The van der Waals surface area contributed by atoms with Crippen LogP contribution in [0.25, 0.3) is 0 Å². The minimum atomic E-state index is 0.156. The summed E-state index contributed by atoms with van der Waals surface area (Å²) >= 11 is 1.69. The van der Waals surface area contributed by atoms with Crippen LogP contribution in [-0.2, 0) is 0 Å². The number of nitrogens with zero attached hydrogens (tertiary/aromatic N) is 2. The van der Waals surface area contributed by atoms with Crippen LogP contribution < -0.4 is 5.32 Å². The van der Waals surface area contributed by atoms with E-state index in [-0.39, 0.29) is 6.04 Å². The van der Waals surface area contributed by atoms with Crippen LogP contribution in [-0.4, -0.2) is 16.5 Å². The van der Waals surface area contributed by atoms with Crippen molar-refractivity contribution < 1.29 is 0 Å². The molecule has 0 saturated heterocycles. The molecular formula is C14H19N3S. The fourth-order valence-corrected chi connectivity index (χ4v) is 2.48. The van der Waals surface area contributed by atoms with Gasteiger partial charge in [-0.2, -0.15) is 0 Å². The van der Waals surface area contributed by atoms with Crippen LogP contribution in [0.15, 0.2) is 23.7 Å². The zero-order valence-electron chi connectivity index (χ0n) is 11.1. The number of hydrogen-bond donors (Lipinski definition) is 1. The maximum absolute atomic E-state index is 4.59. The second-order valence-electron chi connectivity index (χ2n) is 4.41. The highest BCUT2D eigenvalue weighted by atomic mass is 32.1. The summed E-state index contributed by atoms with van der Waals surface area (Å²) in [5.41, 5.74) is 3.32. The molecule has 2 heterocycles. The van der Waals surface area contributed by atoms with E-state index in [2.05, 4.69) is 39.7 Å². The average molecular weight is 261 g/mol. The van der Waals surface area contributed by atoms with Crippen LogP contribution in [0.4, 0.5) is 0 Å². The molecule has 0 aliphatic heterocycles. The molecule has 0 saturated carbocycles. The van der Waals surface area contributed by atoms with Crippen molar-refractivity contribution in [1.29, 1.82) is 0 Å². The highest BCUT2D eigenvalue weighted by Gasteiger charge is 2.16. The van der Waals surface area contributed by atoms with E-state index in [4.69, 9.17) is 0 Å². The molecule has 0 radical (unpaired) electrons. The Balaban J connectivity index is 2.27. The SMILES string of the molecule is CCCNC(c1ccc(C)nc1)c1csc(C)n1. The molecule has 0 spiro atoms. The van der Waals surface area contributed by atoms with E-state index in [0.717, 1.165) is 29.4 Å². The summed E-state index contributed by atoms with van der Waals surface area (Å²) in [6, 6.07) is 4.34. The fourth-order valence-electron chi connectivity index (χ4n) is 1.84. The largest absolute Gasteiger partial charge is 0.305 e. The highest BCUT2D eigenvalue weighted by Crippen LogP contribution is 2.23. The summed E-state index contributed by atoms with van der Waals surface area (Å²) in [7, 11) is 0. The first kappa shape index (κ1) is 13.2. The lowest BCUT2D eigenvalue weighted by Gasteiger charge is -2.16. The predicted molar refractivity (Wildman–Crippen MR) is 76.0 cm³/mol. The summed E-state index contributed by atoms with van der Waals surface area (Å²) in [5, 5.41) is 6.77. The van der Waals surface area contributed by atoms with Gasteiger partial charge in [0.05, 0.1) is 16.7 Å². The first-order valence-corrected chi connectivity index (χ1v) is 7.16. The van der Waals surface area contributed by atoms with E-state index < -0.39 is 0 Å². The van der Waals surface area contributed by atoms with Gasteiger partial charge < -0.3 is 5.32 Å². The van der Waals surface area contributed by atoms with Crippen molar-refractivity contribution in [3.63, 3.8) is 0 Å². The number of aromatic nitrogens is 2. The lowest BCUT2D eigenvalue weighted by molar-refractivity contribution is 0.586. The number of nitrogens with one attached hydrogen (secondary N) is 1. The second kappa shape index (κ2) is 6.07. The van der Waals surface area contributed by atoms with Gasteiger partial charge >= 0.3 is 0 Å². The second-order valence-corrected chi connectivity index (χ2v) is 5.47. The van der Waals surface area contributed by atoms with Crippen LogP contribution in [0.5, 0.6) is 0 Å².